The van der Waals surface area contributed by atoms with Gasteiger partial charge < -0.3 is 10.5 Å². The Hall–Kier alpha value is -2.01. The van der Waals surface area contributed by atoms with Gasteiger partial charge in [-0.2, -0.15) is 0 Å². The number of para-hydroxylation sites is 1. The van der Waals surface area contributed by atoms with Gasteiger partial charge in [0.1, 0.15) is 5.75 Å². The Balaban J connectivity index is 2.28. The molecule has 1 amide bonds. The van der Waals surface area contributed by atoms with Crippen LogP contribution in [0, 0.1) is 0 Å². The van der Waals surface area contributed by atoms with Crippen LogP contribution >= 0.6 is 34.8 Å². The summed E-state index contributed by atoms with van der Waals surface area (Å²) in [6, 6.07) is 9.66. The Morgan fingerprint density at radius 3 is 2.42 bits per heavy atom. The number of amides is 1. The van der Waals surface area contributed by atoms with Gasteiger partial charge in [0.15, 0.2) is 12.4 Å². The van der Waals surface area contributed by atoms with E-state index >= 15 is 0 Å². The zero-order chi connectivity index (χ0) is 17.7. The van der Waals surface area contributed by atoms with Crippen molar-refractivity contribution in [3.63, 3.8) is 0 Å². The lowest BCUT2D eigenvalue weighted by molar-refractivity contribution is -0.119. The first-order chi connectivity index (χ1) is 11.4. The number of carbonyl (C=O) groups is 2. The van der Waals surface area contributed by atoms with Crippen LogP contribution in [0.2, 0.25) is 15.1 Å². The molecule has 0 saturated heterocycles. The monoisotopic (exact) mass is 383 g/mol. The molecule has 0 aromatic heterocycles. The van der Waals surface area contributed by atoms with Crippen molar-refractivity contribution in [3.8, 4) is 5.75 Å². The third-order valence-electron chi connectivity index (χ3n) is 3.00. The minimum Gasteiger partial charge on any atom is -0.483 e. The van der Waals surface area contributed by atoms with E-state index in [0.29, 0.717) is 15.6 Å². The zero-order valence-corrected chi connectivity index (χ0v) is 14.5. The van der Waals surface area contributed by atoms with Gasteiger partial charge in [0.05, 0.1) is 15.6 Å². The Morgan fingerprint density at radius 1 is 1.04 bits per heavy atom. The van der Waals surface area contributed by atoms with Gasteiger partial charge in [-0.25, -0.2) is 0 Å². The van der Waals surface area contributed by atoms with Gasteiger partial charge in [-0.05, 0) is 36.4 Å². The second-order valence-corrected chi connectivity index (χ2v) is 5.90. The first-order valence-corrected chi connectivity index (χ1v) is 7.89. The number of primary amides is 1. The lowest BCUT2D eigenvalue weighted by Crippen LogP contribution is -2.20. The summed E-state index contributed by atoms with van der Waals surface area (Å²) in [5.74, 6) is -0.721. The maximum atomic E-state index is 12.4. The van der Waals surface area contributed by atoms with Crippen molar-refractivity contribution in [1.29, 1.82) is 0 Å². The van der Waals surface area contributed by atoms with Crippen LogP contribution < -0.4 is 10.5 Å². The largest absolute Gasteiger partial charge is 0.483 e. The van der Waals surface area contributed by atoms with E-state index in [4.69, 9.17) is 45.3 Å². The third-order valence-corrected chi connectivity index (χ3v) is 4.15. The van der Waals surface area contributed by atoms with Gasteiger partial charge in [0.25, 0.3) is 5.91 Å². The number of rotatable bonds is 6. The van der Waals surface area contributed by atoms with E-state index in [1.807, 2.05) is 0 Å². The summed E-state index contributed by atoms with van der Waals surface area (Å²) >= 11 is 18.1. The maximum Gasteiger partial charge on any atom is 0.255 e. The van der Waals surface area contributed by atoms with Gasteiger partial charge in [-0.3, -0.25) is 9.59 Å². The molecule has 2 aromatic rings. The van der Waals surface area contributed by atoms with E-state index in [1.165, 1.54) is 12.2 Å². The molecule has 7 heteroatoms. The van der Waals surface area contributed by atoms with E-state index in [-0.39, 0.29) is 28.7 Å². The predicted molar refractivity (Wildman–Crippen MR) is 96.0 cm³/mol. The fourth-order valence-electron chi connectivity index (χ4n) is 1.89. The van der Waals surface area contributed by atoms with E-state index in [0.717, 1.165) is 0 Å². The van der Waals surface area contributed by atoms with E-state index in [2.05, 4.69) is 0 Å². The number of ketones is 1. The Kier molecular flexibility index (Phi) is 6.26. The molecule has 2 rings (SSSR count). The summed E-state index contributed by atoms with van der Waals surface area (Å²) in [6.45, 7) is -0.319. The molecule has 0 saturated carbocycles. The molecule has 0 aliphatic heterocycles. The van der Waals surface area contributed by atoms with Gasteiger partial charge in [-0.15, -0.1) is 0 Å². The molecule has 124 valence electrons. The molecule has 0 radical (unpaired) electrons. The number of hydrogen-bond acceptors (Lipinski definition) is 3. The van der Waals surface area contributed by atoms with Crippen molar-refractivity contribution in [1.82, 2.24) is 0 Å². The van der Waals surface area contributed by atoms with Gasteiger partial charge in [0, 0.05) is 10.6 Å². The number of nitrogens with two attached hydrogens (primary N) is 1. The number of carbonyl (C=O) groups excluding carboxylic acids is 2. The molecule has 0 spiro atoms. The average Bonchev–Trinajstić information content (AvgIpc) is 2.56. The van der Waals surface area contributed by atoms with Crippen LogP contribution in [0.3, 0.4) is 0 Å². The predicted octanol–water partition coefficient (Wildman–Crippen LogP) is 4.41. The minimum atomic E-state index is -0.634. The number of allylic oxidation sites excluding steroid dienone is 1. The van der Waals surface area contributed by atoms with Crippen molar-refractivity contribution < 1.29 is 14.3 Å². The van der Waals surface area contributed by atoms with Gasteiger partial charge in [0.2, 0.25) is 0 Å². The lowest BCUT2D eigenvalue weighted by atomic mass is 10.1. The molecule has 0 bridgehead atoms. The van der Waals surface area contributed by atoms with Crippen LogP contribution in [-0.4, -0.2) is 18.3 Å². The summed E-state index contributed by atoms with van der Waals surface area (Å²) in [6.07, 6.45) is 2.78. The summed E-state index contributed by atoms with van der Waals surface area (Å²) in [4.78, 5) is 23.2. The second kappa shape index (κ2) is 8.20. The number of ether oxygens (including phenoxy) is 1. The normalized spacial score (nSPS) is 10.8. The van der Waals surface area contributed by atoms with E-state index in [9.17, 15) is 9.59 Å². The van der Waals surface area contributed by atoms with Gasteiger partial charge >= 0.3 is 0 Å². The Bertz CT molecular complexity index is 819. The highest BCUT2D eigenvalue weighted by Crippen LogP contribution is 2.32. The standard InChI is InChI=1S/C17H12Cl3NO3/c18-12-6-7-13(19)17(20)10(12)5-8-14(22)11-3-1-2-4-15(11)24-9-16(21)23/h1-8H,9H2,(H2,21,23)/b8-5+. The van der Waals surface area contributed by atoms with Crippen molar-refractivity contribution in [2.45, 2.75) is 0 Å². The molecular weight excluding hydrogens is 373 g/mol. The molecule has 4 nitrogen and oxygen atoms in total. The summed E-state index contributed by atoms with van der Waals surface area (Å²) in [7, 11) is 0. The first-order valence-electron chi connectivity index (χ1n) is 6.76. The Morgan fingerprint density at radius 2 is 1.71 bits per heavy atom. The molecule has 2 aromatic carbocycles. The smallest absolute Gasteiger partial charge is 0.255 e. The van der Waals surface area contributed by atoms with Crippen molar-refractivity contribution in [2.24, 2.45) is 5.73 Å². The second-order valence-electron chi connectivity index (χ2n) is 4.71. The van der Waals surface area contributed by atoms with Crippen molar-refractivity contribution >= 4 is 52.6 Å². The first kappa shape index (κ1) is 18.3. The Labute approximate surface area is 153 Å². The number of hydrogen-bond donors (Lipinski definition) is 1. The molecule has 0 heterocycles. The van der Waals surface area contributed by atoms with E-state index < -0.39 is 5.91 Å². The topological polar surface area (TPSA) is 69.4 Å². The molecular formula is C17H12Cl3NO3. The molecule has 0 aliphatic rings. The molecule has 0 fully saturated rings. The average molecular weight is 385 g/mol. The molecule has 24 heavy (non-hydrogen) atoms. The number of halogens is 3. The van der Waals surface area contributed by atoms with Crippen LogP contribution in [0.5, 0.6) is 5.75 Å². The highest BCUT2D eigenvalue weighted by atomic mass is 35.5. The van der Waals surface area contributed by atoms with Crippen LogP contribution in [0.15, 0.2) is 42.5 Å². The number of benzene rings is 2. The maximum absolute atomic E-state index is 12.4. The highest BCUT2D eigenvalue weighted by Gasteiger charge is 2.12. The van der Waals surface area contributed by atoms with E-state index in [1.54, 1.807) is 36.4 Å². The fourth-order valence-corrected chi connectivity index (χ4v) is 2.55. The molecule has 0 unspecified atom stereocenters. The molecule has 2 N–H and O–H groups in total. The summed E-state index contributed by atoms with van der Waals surface area (Å²) in [5, 5.41) is 0.955. The SMILES string of the molecule is NC(=O)COc1ccccc1C(=O)/C=C/c1c(Cl)ccc(Cl)c1Cl. The van der Waals surface area contributed by atoms with Crippen molar-refractivity contribution in [2.75, 3.05) is 6.61 Å². The summed E-state index contributed by atoms with van der Waals surface area (Å²) in [5.41, 5.74) is 5.77. The fraction of sp³-hybridized carbons (Fsp3) is 0.0588. The third kappa shape index (κ3) is 4.51. The van der Waals surface area contributed by atoms with Crippen molar-refractivity contribution in [3.05, 3.63) is 68.7 Å². The zero-order valence-electron chi connectivity index (χ0n) is 12.3. The molecule has 0 atom stereocenters. The minimum absolute atomic E-state index is 0.256. The van der Waals surface area contributed by atoms with Crippen LogP contribution in [0.4, 0.5) is 0 Å². The lowest BCUT2D eigenvalue weighted by Gasteiger charge is -2.08. The van der Waals surface area contributed by atoms with Crippen LogP contribution in [0.1, 0.15) is 15.9 Å². The summed E-state index contributed by atoms with van der Waals surface area (Å²) < 4.78 is 5.24. The van der Waals surface area contributed by atoms with Crippen LogP contribution in [0.25, 0.3) is 6.08 Å². The quantitative estimate of drug-likeness (QED) is 0.456. The highest BCUT2D eigenvalue weighted by molar-refractivity contribution is 6.44. The molecule has 0 aliphatic carbocycles. The van der Waals surface area contributed by atoms with Gasteiger partial charge in [-0.1, -0.05) is 46.9 Å². The van der Waals surface area contributed by atoms with Crippen LogP contribution in [-0.2, 0) is 4.79 Å².